The maximum Gasteiger partial charge on any atom is 0.271 e. The Morgan fingerprint density at radius 2 is 2.05 bits per heavy atom. The van der Waals surface area contributed by atoms with Gasteiger partial charge in [0.05, 0.1) is 12.3 Å². The number of rotatable bonds is 4. The number of nitrogens with one attached hydrogen (secondary N) is 1. The van der Waals surface area contributed by atoms with E-state index in [2.05, 4.69) is 10.8 Å². The van der Waals surface area contributed by atoms with Crippen LogP contribution in [-0.4, -0.2) is 13.5 Å². The van der Waals surface area contributed by atoms with Gasteiger partial charge >= 0.3 is 0 Å². The fourth-order valence-electron chi connectivity index (χ4n) is 2.65. The van der Waals surface area contributed by atoms with E-state index in [4.69, 9.17) is 5.11 Å². The minimum Gasteiger partial charge on any atom is -0.392 e. The van der Waals surface area contributed by atoms with Crippen molar-refractivity contribution < 1.29 is 13.5 Å². The fourth-order valence-corrected chi connectivity index (χ4v) is 4.94. The molecule has 0 unspecified atom stereocenters. The Hall–Kier alpha value is -1.37. The van der Waals surface area contributed by atoms with E-state index >= 15 is 0 Å². The molecular weight excluding hydrogens is 306 g/mol. The van der Waals surface area contributed by atoms with Gasteiger partial charge in [-0.05, 0) is 59.9 Å². The van der Waals surface area contributed by atoms with E-state index in [-0.39, 0.29) is 10.8 Å². The summed E-state index contributed by atoms with van der Waals surface area (Å²) in [6.07, 6.45) is 4.19. The van der Waals surface area contributed by atoms with Crippen molar-refractivity contribution in [2.45, 2.75) is 36.5 Å². The van der Waals surface area contributed by atoms with Gasteiger partial charge in [0.15, 0.2) is 0 Å². The average Bonchev–Trinajstić information content (AvgIpc) is 2.97. The summed E-state index contributed by atoms with van der Waals surface area (Å²) in [5.41, 5.74) is 3.66. The van der Waals surface area contributed by atoms with Gasteiger partial charge in [0, 0.05) is 0 Å². The van der Waals surface area contributed by atoms with E-state index in [1.807, 2.05) is 12.1 Å². The molecule has 0 saturated carbocycles. The fraction of sp³-hybridized carbons (Fsp3) is 0.333. The number of hydrogen-bond acceptors (Lipinski definition) is 4. The predicted octanol–water partition coefficient (Wildman–Crippen LogP) is 2.92. The standard InChI is InChI=1S/C15H17NO3S2/c17-9-11-8-15(20-10-11)21(18,19)16-14-7-3-5-12-4-1-2-6-13(12)14/h3,5,7-8,10,16-17H,1-2,4,6,9H2. The summed E-state index contributed by atoms with van der Waals surface area (Å²) in [5, 5.41) is 10.7. The lowest BCUT2D eigenvalue weighted by molar-refractivity contribution is 0.282. The Bertz CT molecular complexity index is 750. The topological polar surface area (TPSA) is 66.4 Å². The monoisotopic (exact) mass is 323 g/mol. The second-order valence-electron chi connectivity index (χ2n) is 5.19. The molecule has 4 nitrogen and oxygen atoms in total. The summed E-state index contributed by atoms with van der Waals surface area (Å²) in [6, 6.07) is 7.31. The first-order valence-electron chi connectivity index (χ1n) is 6.92. The van der Waals surface area contributed by atoms with Gasteiger partial charge in [0.25, 0.3) is 10.0 Å². The molecule has 1 aliphatic rings. The molecule has 6 heteroatoms. The molecule has 2 aromatic rings. The van der Waals surface area contributed by atoms with Gasteiger partial charge < -0.3 is 5.11 Å². The van der Waals surface area contributed by atoms with Gasteiger partial charge in [0.1, 0.15) is 4.21 Å². The summed E-state index contributed by atoms with van der Waals surface area (Å²) >= 11 is 1.13. The summed E-state index contributed by atoms with van der Waals surface area (Å²) in [4.78, 5) is 0. The van der Waals surface area contributed by atoms with Crippen LogP contribution in [0.25, 0.3) is 0 Å². The van der Waals surface area contributed by atoms with E-state index < -0.39 is 10.0 Å². The smallest absolute Gasteiger partial charge is 0.271 e. The first-order valence-corrected chi connectivity index (χ1v) is 9.28. The minimum absolute atomic E-state index is 0.146. The molecule has 0 spiro atoms. The largest absolute Gasteiger partial charge is 0.392 e. The van der Waals surface area contributed by atoms with Crippen LogP contribution >= 0.6 is 11.3 Å². The number of anilines is 1. The quantitative estimate of drug-likeness (QED) is 0.909. The molecule has 0 atom stereocenters. The van der Waals surface area contributed by atoms with Crippen LogP contribution in [0.3, 0.4) is 0 Å². The highest BCUT2D eigenvalue weighted by Crippen LogP contribution is 2.30. The second-order valence-corrected chi connectivity index (χ2v) is 8.01. The number of sulfonamides is 1. The van der Waals surface area contributed by atoms with Crippen LogP contribution in [0.1, 0.15) is 29.5 Å². The summed E-state index contributed by atoms with van der Waals surface area (Å²) in [6.45, 7) is -0.146. The number of benzene rings is 1. The Balaban J connectivity index is 1.92. The number of aliphatic hydroxyl groups is 1. The second kappa shape index (κ2) is 5.79. The van der Waals surface area contributed by atoms with Gasteiger partial charge in [-0.2, -0.15) is 0 Å². The van der Waals surface area contributed by atoms with Crippen LogP contribution < -0.4 is 4.72 Å². The number of aryl methyl sites for hydroxylation is 1. The summed E-state index contributed by atoms with van der Waals surface area (Å²) in [7, 11) is -3.58. The third kappa shape index (κ3) is 2.97. The predicted molar refractivity (Wildman–Crippen MR) is 84.1 cm³/mol. The molecule has 1 aromatic carbocycles. The molecule has 0 fully saturated rings. The minimum atomic E-state index is -3.58. The first-order chi connectivity index (χ1) is 10.1. The van der Waals surface area contributed by atoms with Crippen molar-refractivity contribution in [2.75, 3.05) is 4.72 Å². The molecule has 0 bridgehead atoms. The van der Waals surface area contributed by atoms with Crippen molar-refractivity contribution in [3.63, 3.8) is 0 Å². The van der Waals surface area contributed by atoms with Crippen molar-refractivity contribution >= 4 is 27.0 Å². The lowest BCUT2D eigenvalue weighted by Gasteiger charge is -2.19. The Kier molecular flexibility index (Phi) is 4.01. The number of aliphatic hydroxyl groups excluding tert-OH is 1. The molecule has 1 heterocycles. The third-order valence-corrected chi connectivity index (χ3v) is 6.57. The number of fused-ring (bicyclic) bond motifs is 1. The maximum absolute atomic E-state index is 12.4. The zero-order chi connectivity index (χ0) is 14.9. The maximum atomic E-state index is 12.4. The molecule has 0 aliphatic heterocycles. The lowest BCUT2D eigenvalue weighted by atomic mass is 9.91. The summed E-state index contributed by atoms with van der Waals surface area (Å²) in [5.74, 6) is 0. The van der Waals surface area contributed by atoms with Crippen molar-refractivity contribution in [3.05, 3.63) is 46.3 Å². The molecule has 2 N–H and O–H groups in total. The molecule has 0 saturated heterocycles. The summed E-state index contributed by atoms with van der Waals surface area (Å²) < 4.78 is 27.8. The highest BCUT2D eigenvalue weighted by molar-refractivity contribution is 7.94. The van der Waals surface area contributed by atoms with Crippen LogP contribution in [-0.2, 0) is 29.5 Å². The van der Waals surface area contributed by atoms with Gasteiger partial charge in [-0.1, -0.05) is 12.1 Å². The van der Waals surface area contributed by atoms with Crippen molar-refractivity contribution in [2.24, 2.45) is 0 Å². The highest BCUT2D eigenvalue weighted by atomic mass is 32.2. The zero-order valence-electron chi connectivity index (χ0n) is 11.5. The Morgan fingerprint density at radius 3 is 2.81 bits per heavy atom. The van der Waals surface area contributed by atoms with E-state index in [1.54, 1.807) is 5.38 Å². The number of thiophene rings is 1. The van der Waals surface area contributed by atoms with Crippen LogP contribution in [0, 0.1) is 0 Å². The highest BCUT2D eigenvalue weighted by Gasteiger charge is 2.20. The van der Waals surface area contributed by atoms with Gasteiger partial charge in [-0.15, -0.1) is 11.3 Å². The number of hydrogen-bond donors (Lipinski definition) is 2. The zero-order valence-corrected chi connectivity index (χ0v) is 13.1. The first kappa shape index (κ1) is 14.6. The van der Waals surface area contributed by atoms with Gasteiger partial charge in [0.2, 0.25) is 0 Å². The molecule has 0 radical (unpaired) electrons. The van der Waals surface area contributed by atoms with E-state index in [0.717, 1.165) is 42.6 Å². The molecular formula is C15H17NO3S2. The third-order valence-electron chi connectivity index (χ3n) is 3.72. The SMILES string of the molecule is O=S(=O)(Nc1cccc2c1CCCC2)c1cc(CO)cs1. The van der Waals surface area contributed by atoms with E-state index in [1.165, 1.54) is 11.6 Å². The van der Waals surface area contributed by atoms with Crippen molar-refractivity contribution in [1.29, 1.82) is 0 Å². The van der Waals surface area contributed by atoms with Crippen LogP contribution in [0.4, 0.5) is 5.69 Å². The van der Waals surface area contributed by atoms with Crippen LogP contribution in [0.2, 0.25) is 0 Å². The molecule has 1 aromatic heterocycles. The van der Waals surface area contributed by atoms with Gasteiger partial charge in [-0.3, -0.25) is 4.72 Å². The van der Waals surface area contributed by atoms with Crippen molar-refractivity contribution in [3.8, 4) is 0 Å². The normalized spacial score (nSPS) is 14.7. The van der Waals surface area contributed by atoms with Crippen molar-refractivity contribution in [1.82, 2.24) is 0 Å². The van der Waals surface area contributed by atoms with Crippen LogP contribution in [0.15, 0.2) is 33.9 Å². The molecule has 112 valence electrons. The molecule has 3 rings (SSSR count). The average molecular weight is 323 g/mol. The molecule has 21 heavy (non-hydrogen) atoms. The molecule has 0 amide bonds. The molecule has 1 aliphatic carbocycles. The van der Waals surface area contributed by atoms with E-state index in [9.17, 15) is 8.42 Å². The Morgan fingerprint density at radius 1 is 1.24 bits per heavy atom. The van der Waals surface area contributed by atoms with E-state index in [0.29, 0.717) is 11.3 Å². The Labute approximate surface area is 128 Å². The van der Waals surface area contributed by atoms with Gasteiger partial charge in [-0.25, -0.2) is 8.42 Å². The van der Waals surface area contributed by atoms with Crippen LogP contribution in [0.5, 0.6) is 0 Å². The lowest BCUT2D eigenvalue weighted by Crippen LogP contribution is -2.15.